The highest BCUT2D eigenvalue weighted by atomic mass is 16.4. The van der Waals surface area contributed by atoms with Gasteiger partial charge in [-0.25, -0.2) is 0 Å². The van der Waals surface area contributed by atoms with Crippen LogP contribution in [0.1, 0.15) is 23.2 Å². The number of amides is 1. The Morgan fingerprint density at radius 2 is 1.95 bits per heavy atom. The molecule has 0 bridgehead atoms. The summed E-state index contributed by atoms with van der Waals surface area (Å²) < 4.78 is 0. The molecule has 0 saturated carbocycles. The lowest BCUT2D eigenvalue weighted by Crippen LogP contribution is -2.38. The van der Waals surface area contributed by atoms with Crippen molar-refractivity contribution in [1.82, 2.24) is 9.88 Å². The molecule has 5 nitrogen and oxygen atoms in total. The van der Waals surface area contributed by atoms with E-state index in [1.54, 1.807) is 17.2 Å². The molecule has 0 spiro atoms. The summed E-state index contributed by atoms with van der Waals surface area (Å²) in [6.45, 7) is 1.18. The zero-order valence-electron chi connectivity index (χ0n) is 11.0. The van der Waals surface area contributed by atoms with Gasteiger partial charge in [0.1, 0.15) is 0 Å². The van der Waals surface area contributed by atoms with E-state index in [0.29, 0.717) is 31.5 Å². The van der Waals surface area contributed by atoms with Gasteiger partial charge in [-0.2, -0.15) is 0 Å². The van der Waals surface area contributed by atoms with Crippen LogP contribution in [0.3, 0.4) is 0 Å². The molecule has 3 rings (SSSR count). The number of benzene rings is 1. The number of carbonyl (C=O) groups excluding carboxylic acids is 1. The van der Waals surface area contributed by atoms with Crippen molar-refractivity contribution in [1.29, 1.82) is 0 Å². The van der Waals surface area contributed by atoms with E-state index >= 15 is 0 Å². The molecule has 5 heteroatoms. The number of fused-ring (bicyclic) bond motifs is 1. The van der Waals surface area contributed by atoms with Crippen LogP contribution in [0.25, 0.3) is 10.9 Å². The van der Waals surface area contributed by atoms with Crippen molar-refractivity contribution in [2.45, 2.75) is 12.8 Å². The molecule has 102 valence electrons. The van der Waals surface area contributed by atoms with Crippen LogP contribution in [0.2, 0.25) is 0 Å². The number of hydrogen-bond acceptors (Lipinski definition) is 4. The smallest absolute Gasteiger partial charge is 0.254 e. The highest BCUT2D eigenvalue weighted by molar-refractivity contribution is 6.06. The first kappa shape index (κ1) is 12.6. The summed E-state index contributed by atoms with van der Waals surface area (Å²) in [5.41, 5.74) is 2.27. The number of carbonyl (C=O) groups is 1. The van der Waals surface area contributed by atoms with Gasteiger partial charge in [-0.1, -0.05) is 23.4 Å². The Kier molecular flexibility index (Phi) is 3.33. The maximum atomic E-state index is 12.6. The molecular formula is C15H15N3O2. The Bertz CT molecular complexity index is 666. The predicted octanol–water partition coefficient (Wildman–Crippen LogP) is 2.30. The van der Waals surface area contributed by atoms with Gasteiger partial charge in [0.15, 0.2) is 0 Å². The number of rotatable bonds is 1. The van der Waals surface area contributed by atoms with Gasteiger partial charge >= 0.3 is 0 Å². The van der Waals surface area contributed by atoms with E-state index in [1.165, 1.54) is 0 Å². The second kappa shape index (κ2) is 5.28. The SMILES string of the molecule is O=C(c1ccnc2ccccc12)N1CCC(=NO)CC1. The van der Waals surface area contributed by atoms with Gasteiger partial charge in [-0.3, -0.25) is 9.78 Å². The summed E-state index contributed by atoms with van der Waals surface area (Å²) in [5, 5.41) is 12.9. The molecule has 20 heavy (non-hydrogen) atoms. The molecule has 2 heterocycles. The third-order valence-electron chi connectivity index (χ3n) is 3.65. The Balaban J connectivity index is 1.90. The van der Waals surface area contributed by atoms with E-state index in [9.17, 15) is 4.79 Å². The van der Waals surface area contributed by atoms with E-state index in [-0.39, 0.29) is 5.91 Å². The second-order valence-corrected chi connectivity index (χ2v) is 4.83. The number of oxime groups is 1. The maximum Gasteiger partial charge on any atom is 0.254 e. The molecule has 1 aromatic carbocycles. The van der Waals surface area contributed by atoms with E-state index < -0.39 is 0 Å². The molecule has 2 aromatic rings. The summed E-state index contributed by atoms with van der Waals surface area (Å²) in [6, 6.07) is 9.40. The largest absolute Gasteiger partial charge is 0.411 e. The van der Waals surface area contributed by atoms with Gasteiger partial charge in [-0.15, -0.1) is 0 Å². The second-order valence-electron chi connectivity index (χ2n) is 4.83. The minimum atomic E-state index is 0.0144. The molecule has 0 radical (unpaired) electrons. The molecule has 1 fully saturated rings. The summed E-state index contributed by atoms with van der Waals surface area (Å²) in [6.07, 6.45) is 2.93. The summed E-state index contributed by atoms with van der Waals surface area (Å²) in [4.78, 5) is 18.7. The van der Waals surface area contributed by atoms with Crippen LogP contribution in [0.4, 0.5) is 0 Å². The molecular weight excluding hydrogens is 254 g/mol. The molecule has 0 aliphatic carbocycles. The van der Waals surface area contributed by atoms with Crippen LogP contribution in [-0.4, -0.2) is 39.8 Å². The number of pyridine rings is 1. The number of aromatic nitrogens is 1. The van der Waals surface area contributed by atoms with Crippen LogP contribution in [0, 0.1) is 0 Å². The van der Waals surface area contributed by atoms with Crippen molar-refractivity contribution in [2.24, 2.45) is 5.16 Å². The fourth-order valence-electron chi connectivity index (χ4n) is 2.52. The highest BCUT2D eigenvalue weighted by Crippen LogP contribution is 2.19. The first-order valence-electron chi connectivity index (χ1n) is 6.62. The Morgan fingerprint density at radius 3 is 2.70 bits per heavy atom. The van der Waals surface area contributed by atoms with Gasteiger partial charge < -0.3 is 10.1 Å². The fraction of sp³-hybridized carbons (Fsp3) is 0.267. The van der Waals surface area contributed by atoms with Crippen LogP contribution in [-0.2, 0) is 0 Å². The van der Waals surface area contributed by atoms with Gasteiger partial charge in [-0.05, 0) is 12.1 Å². The first-order valence-corrected chi connectivity index (χ1v) is 6.62. The number of hydrogen-bond donors (Lipinski definition) is 1. The average molecular weight is 269 g/mol. The fourth-order valence-corrected chi connectivity index (χ4v) is 2.52. The Hall–Kier alpha value is -2.43. The standard InChI is InChI=1S/C15H15N3O2/c19-15(18-9-6-11(17-20)7-10-18)13-5-8-16-14-4-2-1-3-12(13)14/h1-5,8,20H,6-7,9-10H2. The lowest BCUT2D eigenvalue weighted by molar-refractivity contribution is 0.0755. The van der Waals surface area contributed by atoms with Gasteiger partial charge in [0, 0.05) is 37.5 Å². The number of para-hydroxylation sites is 1. The summed E-state index contributed by atoms with van der Waals surface area (Å²) in [5.74, 6) is 0.0144. The van der Waals surface area contributed by atoms with Gasteiger partial charge in [0.05, 0.1) is 16.8 Å². The highest BCUT2D eigenvalue weighted by Gasteiger charge is 2.22. The number of likely N-dealkylation sites (tertiary alicyclic amines) is 1. The summed E-state index contributed by atoms with van der Waals surface area (Å²) in [7, 11) is 0. The zero-order valence-corrected chi connectivity index (χ0v) is 11.0. The molecule has 1 amide bonds. The maximum absolute atomic E-state index is 12.6. The monoisotopic (exact) mass is 269 g/mol. The number of nitrogens with zero attached hydrogens (tertiary/aromatic N) is 3. The Labute approximate surface area is 116 Å². The third-order valence-corrected chi connectivity index (χ3v) is 3.65. The van der Waals surface area contributed by atoms with E-state index in [0.717, 1.165) is 16.6 Å². The molecule has 1 aliphatic heterocycles. The zero-order chi connectivity index (χ0) is 13.9. The minimum Gasteiger partial charge on any atom is -0.411 e. The lowest BCUT2D eigenvalue weighted by atomic mass is 10.0. The predicted molar refractivity (Wildman–Crippen MR) is 76.1 cm³/mol. The minimum absolute atomic E-state index is 0.0144. The Morgan fingerprint density at radius 1 is 1.20 bits per heavy atom. The molecule has 1 aromatic heterocycles. The van der Waals surface area contributed by atoms with Crippen molar-refractivity contribution in [3.63, 3.8) is 0 Å². The van der Waals surface area contributed by atoms with E-state index in [1.807, 2.05) is 24.3 Å². The van der Waals surface area contributed by atoms with Crippen molar-refractivity contribution in [3.8, 4) is 0 Å². The first-order chi connectivity index (χ1) is 9.79. The van der Waals surface area contributed by atoms with Crippen LogP contribution < -0.4 is 0 Å². The van der Waals surface area contributed by atoms with Crippen LogP contribution in [0.15, 0.2) is 41.7 Å². The molecule has 1 aliphatic rings. The van der Waals surface area contributed by atoms with Crippen LogP contribution in [0.5, 0.6) is 0 Å². The van der Waals surface area contributed by atoms with E-state index in [4.69, 9.17) is 5.21 Å². The van der Waals surface area contributed by atoms with Crippen molar-refractivity contribution >= 4 is 22.5 Å². The van der Waals surface area contributed by atoms with Crippen molar-refractivity contribution in [2.75, 3.05) is 13.1 Å². The topological polar surface area (TPSA) is 65.8 Å². The van der Waals surface area contributed by atoms with Gasteiger partial charge in [0.25, 0.3) is 5.91 Å². The average Bonchev–Trinajstić information content (AvgIpc) is 2.54. The van der Waals surface area contributed by atoms with Crippen molar-refractivity contribution < 1.29 is 10.0 Å². The quantitative estimate of drug-likeness (QED) is 0.638. The van der Waals surface area contributed by atoms with Crippen molar-refractivity contribution in [3.05, 3.63) is 42.1 Å². The number of piperidine rings is 1. The normalized spacial score (nSPS) is 15.4. The molecule has 0 unspecified atom stereocenters. The van der Waals surface area contributed by atoms with Crippen LogP contribution >= 0.6 is 0 Å². The van der Waals surface area contributed by atoms with Gasteiger partial charge in [0.2, 0.25) is 0 Å². The third kappa shape index (κ3) is 2.22. The molecule has 0 atom stereocenters. The molecule has 1 saturated heterocycles. The lowest BCUT2D eigenvalue weighted by Gasteiger charge is -2.27. The molecule has 1 N–H and O–H groups in total. The van der Waals surface area contributed by atoms with E-state index in [2.05, 4.69) is 10.1 Å². The summed E-state index contributed by atoms with van der Waals surface area (Å²) >= 11 is 0.